The number of amides is 1. The minimum absolute atomic E-state index is 0.377. The highest BCUT2D eigenvalue weighted by atomic mass is 16.3. The summed E-state index contributed by atoms with van der Waals surface area (Å²) in [6.07, 6.45) is 63.1. The van der Waals surface area contributed by atoms with Crippen molar-refractivity contribution in [2.45, 2.75) is 276 Å². The van der Waals surface area contributed by atoms with Gasteiger partial charge in [0.15, 0.2) is 0 Å². The Hall–Kier alpha value is -1.69. The Morgan fingerprint density at radius 1 is 0.431 bits per heavy atom. The number of unbranched alkanes of at least 4 members (excludes halogenated alkanes) is 32. The first-order chi connectivity index (χ1) is 28.6. The molecule has 0 aromatic rings. The standard InChI is InChI=1S/C53H99NO4/c1-3-5-7-9-11-13-15-17-19-21-22-23-24-25-26-27-28-29-30-31-32-34-36-38-40-42-44-46-48-52(57)53(58)54-50(49-55)51(56)47-45-43-41-39-37-35-33-20-18-16-14-12-10-8-6-4-2/h22-23,25-26,37,39,45,47,50-52,55-57H,3-21,24,27-36,38,40-44,46,48-49H2,1-2H3,(H,54,58)/b23-22-,26-25-,39-37+,47-45+. The SMILES string of the molecule is CCCCCCCCCCC/C=C\C/C=C\CCCCCCCCCCCCCCC(O)C(=O)NC(CO)C(O)/C=C/CC/C=C/CCCCCCCCCCCC. The molecule has 0 radical (unpaired) electrons. The highest BCUT2D eigenvalue weighted by molar-refractivity contribution is 5.80. The molecule has 0 rings (SSSR count). The van der Waals surface area contributed by atoms with E-state index < -0.39 is 24.2 Å². The van der Waals surface area contributed by atoms with E-state index in [4.69, 9.17) is 0 Å². The van der Waals surface area contributed by atoms with Gasteiger partial charge in [0, 0.05) is 0 Å². The minimum atomic E-state index is -1.11. The van der Waals surface area contributed by atoms with Crippen LogP contribution in [0.1, 0.15) is 258 Å². The Morgan fingerprint density at radius 2 is 0.759 bits per heavy atom. The van der Waals surface area contributed by atoms with Crippen molar-refractivity contribution in [3.8, 4) is 0 Å². The van der Waals surface area contributed by atoms with Crippen LogP contribution >= 0.6 is 0 Å². The molecule has 0 aromatic carbocycles. The van der Waals surface area contributed by atoms with Crippen LogP contribution in [0.2, 0.25) is 0 Å². The second-order valence-electron chi connectivity index (χ2n) is 17.4. The van der Waals surface area contributed by atoms with Crippen LogP contribution in [-0.4, -0.2) is 46.1 Å². The minimum Gasteiger partial charge on any atom is -0.394 e. The molecule has 0 fully saturated rings. The molecule has 0 aromatic heterocycles. The van der Waals surface area contributed by atoms with Crippen molar-refractivity contribution >= 4 is 5.91 Å². The number of carbonyl (C=O) groups excluding carboxylic acids is 1. The molecule has 4 N–H and O–H groups in total. The van der Waals surface area contributed by atoms with Crippen LogP contribution in [0.15, 0.2) is 48.6 Å². The fraction of sp³-hybridized carbons (Fsp3) is 0.830. The summed E-state index contributed by atoms with van der Waals surface area (Å²) in [4.78, 5) is 12.5. The second kappa shape index (κ2) is 48.0. The summed E-state index contributed by atoms with van der Waals surface area (Å²) in [5.41, 5.74) is 0. The van der Waals surface area contributed by atoms with Gasteiger partial charge in [-0.25, -0.2) is 0 Å². The molecule has 0 aliphatic heterocycles. The maximum absolute atomic E-state index is 12.5. The fourth-order valence-electron chi connectivity index (χ4n) is 7.64. The molecule has 1 amide bonds. The Morgan fingerprint density at radius 3 is 1.16 bits per heavy atom. The molecule has 5 heteroatoms. The van der Waals surface area contributed by atoms with Crippen molar-refractivity contribution in [1.29, 1.82) is 0 Å². The van der Waals surface area contributed by atoms with Gasteiger partial charge in [-0.3, -0.25) is 4.79 Å². The van der Waals surface area contributed by atoms with E-state index in [1.165, 1.54) is 193 Å². The summed E-state index contributed by atoms with van der Waals surface area (Å²) in [6.45, 7) is 4.18. The van der Waals surface area contributed by atoms with Crippen molar-refractivity contribution in [2.24, 2.45) is 0 Å². The van der Waals surface area contributed by atoms with Crippen molar-refractivity contribution in [3.63, 3.8) is 0 Å². The Labute approximate surface area is 361 Å². The monoisotopic (exact) mass is 814 g/mol. The first-order valence-electron chi connectivity index (χ1n) is 25.5. The lowest BCUT2D eigenvalue weighted by atomic mass is 10.0. The van der Waals surface area contributed by atoms with E-state index in [1.54, 1.807) is 6.08 Å². The van der Waals surface area contributed by atoms with Crippen LogP contribution in [0.4, 0.5) is 0 Å². The number of hydrogen-bond acceptors (Lipinski definition) is 4. The van der Waals surface area contributed by atoms with Crippen molar-refractivity contribution < 1.29 is 20.1 Å². The quantitative estimate of drug-likeness (QED) is 0.0364. The topological polar surface area (TPSA) is 89.8 Å². The molecule has 0 aliphatic carbocycles. The van der Waals surface area contributed by atoms with Gasteiger partial charge in [-0.15, -0.1) is 0 Å². The van der Waals surface area contributed by atoms with Gasteiger partial charge >= 0.3 is 0 Å². The van der Waals surface area contributed by atoms with Crippen LogP contribution < -0.4 is 5.32 Å². The molecule has 0 saturated carbocycles. The summed E-state index contributed by atoms with van der Waals surface area (Å²) in [5, 5.41) is 33.2. The molecule has 0 spiro atoms. The number of allylic oxidation sites excluding steroid dienone is 7. The largest absolute Gasteiger partial charge is 0.394 e. The van der Waals surface area contributed by atoms with E-state index in [2.05, 4.69) is 55.6 Å². The van der Waals surface area contributed by atoms with Crippen LogP contribution in [-0.2, 0) is 4.79 Å². The smallest absolute Gasteiger partial charge is 0.249 e. The van der Waals surface area contributed by atoms with Crippen molar-refractivity contribution in [3.05, 3.63) is 48.6 Å². The molecule has 3 atom stereocenters. The normalized spacial score (nSPS) is 13.8. The van der Waals surface area contributed by atoms with Gasteiger partial charge in [-0.05, 0) is 64.2 Å². The third kappa shape index (κ3) is 42.4. The zero-order valence-corrected chi connectivity index (χ0v) is 38.7. The van der Waals surface area contributed by atoms with E-state index in [9.17, 15) is 20.1 Å². The highest BCUT2D eigenvalue weighted by Gasteiger charge is 2.22. The molecule has 5 nitrogen and oxygen atoms in total. The maximum Gasteiger partial charge on any atom is 0.249 e. The summed E-state index contributed by atoms with van der Waals surface area (Å²) >= 11 is 0. The van der Waals surface area contributed by atoms with Gasteiger partial charge in [-0.1, -0.05) is 242 Å². The van der Waals surface area contributed by atoms with Crippen LogP contribution in [0.3, 0.4) is 0 Å². The molecular formula is C53H99NO4. The number of aliphatic hydroxyl groups is 3. The fourth-order valence-corrected chi connectivity index (χ4v) is 7.64. The van der Waals surface area contributed by atoms with Crippen molar-refractivity contribution in [1.82, 2.24) is 5.32 Å². The molecule has 0 heterocycles. The van der Waals surface area contributed by atoms with Gasteiger partial charge < -0.3 is 20.6 Å². The summed E-state index contributed by atoms with van der Waals surface area (Å²) in [5.74, 6) is -0.514. The lowest BCUT2D eigenvalue weighted by molar-refractivity contribution is -0.131. The summed E-state index contributed by atoms with van der Waals surface area (Å²) in [7, 11) is 0. The third-order valence-corrected chi connectivity index (χ3v) is 11.6. The number of carbonyl (C=O) groups is 1. The number of nitrogens with one attached hydrogen (secondary N) is 1. The van der Waals surface area contributed by atoms with Gasteiger partial charge in [0.1, 0.15) is 6.10 Å². The summed E-state index contributed by atoms with van der Waals surface area (Å²) in [6, 6.07) is -0.816. The number of rotatable bonds is 46. The van der Waals surface area contributed by atoms with E-state index in [-0.39, 0.29) is 6.61 Å². The van der Waals surface area contributed by atoms with Gasteiger partial charge in [0.2, 0.25) is 5.91 Å². The third-order valence-electron chi connectivity index (χ3n) is 11.6. The van der Waals surface area contributed by atoms with Crippen LogP contribution in [0.25, 0.3) is 0 Å². The first-order valence-corrected chi connectivity index (χ1v) is 25.5. The van der Waals surface area contributed by atoms with Crippen molar-refractivity contribution in [2.75, 3.05) is 6.61 Å². The molecule has 0 bridgehead atoms. The van der Waals surface area contributed by atoms with Crippen LogP contribution in [0, 0.1) is 0 Å². The molecule has 58 heavy (non-hydrogen) atoms. The molecule has 3 unspecified atom stereocenters. The van der Waals surface area contributed by atoms with E-state index in [0.717, 1.165) is 44.9 Å². The number of hydrogen-bond donors (Lipinski definition) is 4. The van der Waals surface area contributed by atoms with Crippen LogP contribution in [0.5, 0.6) is 0 Å². The van der Waals surface area contributed by atoms with E-state index in [1.807, 2.05) is 6.08 Å². The van der Waals surface area contributed by atoms with Gasteiger partial charge in [0.25, 0.3) is 0 Å². The Kier molecular flexibility index (Phi) is 46.6. The molecular weight excluding hydrogens is 715 g/mol. The average Bonchev–Trinajstić information content (AvgIpc) is 3.23. The average molecular weight is 814 g/mol. The van der Waals surface area contributed by atoms with E-state index >= 15 is 0 Å². The second-order valence-corrected chi connectivity index (χ2v) is 17.4. The summed E-state index contributed by atoms with van der Waals surface area (Å²) < 4.78 is 0. The zero-order chi connectivity index (χ0) is 42.3. The maximum atomic E-state index is 12.5. The van der Waals surface area contributed by atoms with Gasteiger partial charge in [0.05, 0.1) is 18.8 Å². The molecule has 340 valence electrons. The molecule has 0 aliphatic rings. The first kappa shape index (κ1) is 56.3. The molecule has 0 saturated heterocycles. The lowest BCUT2D eigenvalue weighted by Crippen LogP contribution is -2.48. The highest BCUT2D eigenvalue weighted by Crippen LogP contribution is 2.15. The number of aliphatic hydroxyl groups excluding tert-OH is 3. The Balaban J connectivity index is 3.63. The lowest BCUT2D eigenvalue weighted by Gasteiger charge is -2.21. The predicted octanol–water partition coefficient (Wildman–Crippen LogP) is 15.3. The Bertz CT molecular complexity index is 943. The van der Waals surface area contributed by atoms with E-state index in [0.29, 0.717) is 6.42 Å². The predicted molar refractivity (Wildman–Crippen MR) is 254 cm³/mol. The van der Waals surface area contributed by atoms with Gasteiger partial charge in [-0.2, -0.15) is 0 Å². The zero-order valence-electron chi connectivity index (χ0n) is 38.7.